The highest BCUT2D eigenvalue weighted by Crippen LogP contribution is 2.39. The van der Waals surface area contributed by atoms with Crippen LogP contribution in [0.3, 0.4) is 0 Å². The minimum Gasteiger partial charge on any atom is -0.371 e. The maximum Gasteiger partial charge on any atom is 0.416 e. The number of hydrogen-bond acceptors (Lipinski definition) is 2. The summed E-state index contributed by atoms with van der Waals surface area (Å²) in [5.74, 6) is -0.468. The highest BCUT2D eigenvalue weighted by Gasteiger charge is 2.38. The van der Waals surface area contributed by atoms with E-state index in [-0.39, 0.29) is 29.3 Å². The van der Waals surface area contributed by atoms with Crippen LogP contribution < -0.4 is 5.32 Å². The van der Waals surface area contributed by atoms with Gasteiger partial charge in [0.1, 0.15) is 5.82 Å². The Bertz CT molecular complexity index is 860. The fourth-order valence-electron chi connectivity index (χ4n) is 3.98. The monoisotopic (exact) mass is 449 g/mol. The fraction of sp³-hybridized carbons (Fsp3) is 0.455. The molecule has 0 saturated carbocycles. The Labute approximate surface area is 175 Å². The van der Waals surface area contributed by atoms with Gasteiger partial charge >= 0.3 is 12.4 Å². The maximum absolute atomic E-state index is 13.2. The average Bonchev–Trinajstić information content (AvgIpc) is 3.16. The van der Waals surface area contributed by atoms with Crippen molar-refractivity contribution in [3.05, 3.63) is 70.5 Å². The van der Waals surface area contributed by atoms with E-state index >= 15 is 0 Å². The first kappa shape index (κ1) is 23.5. The molecule has 1 heterocycles. The zero-order valence-electron chi connectivity index (χ0n) is 16.8. The Morgan fingerprint density at radius 1 is 0.871 bits per heavy atom. The van der Waals surface area contributed by atoms with Gasteiger partial charge in [-0.15, -0.1) is 0 Å². The summed E-state index contributed by atoms with van der Waals surface area (Å²) in [5.41, 5.74) is -2.05. The Morgan fingerprint density at radius 3 is 1.94 bits per heavy atom. The summed E-state index contributed by atoms with van der Waals surface area (Å²) in [6.45, 7) is 4.34. The van der Waals surface area contributed by atoms with Crippen molar-refractivity contribution in [3.8, 4) is 0 Å². The van der Waals surface area contributed by atoms with E-state index in [4.69, 9.17) is 4.74 Å². The van der Waals surface area contributed by atoms with Crippen LogP contribution in [-0.2, 0) is 17.1 Å². The summed E-state index contributed by atoms with van der Waals surface area (Å²) in [7, 11) is 0. The first-order valence-electron chi connectivity index (χ1n) is 9.77. The standard InChI is InChI=1S/C22H22F7NO/c1-12(15-7-16(21(24,25)26)9-17(8-15)22(27,28)29)31-13(2)19-10-30-11-20(19)14-3-5-18(23)6-4-14/h3-9,12-13,19-20,30H,10-11H2,1-2H3/t12?,13?,19-,20-/m0/s1. The minimum atomic E-state index is -4.91. The van der Waals surface area contributed by atoms with E-state index in [1.54, 1.807) is 19.1 Å². The lowest BCUT2D eigenvalue weighted by Gasteiger charge is -2.29. The van der Waals surface area contributed by atoms with Crippen LogP contribution in [0.25, 0.3) is 0 Å². The maximum atomic E-state index is 13.2. The van der Waals surface area contributed by atoms with Crippen LogP contribution in [0.15, 0.2) is 42.5 Å². The number of ether oxygens (including phenoxy) is 1. The normalized spacial score (nSPS) is 21.8. The number of halogens is 7. The molecular weight excluding hydrogens is 427 g/mol. The van der Waals surface area contributed by atoms with Gasteiger partial charge in [0.15, 0.2) is 0 Å². The van der Waals surface area contributed by atoms with Crippen LogP contribution in [0.4, 0.5) is 30.7 Å². The summed E-state index contributed by atoms with van der Waals surface area (Å²) in [6, 6.07) is 7.51. The van der Waals surface area contributed by atoms with Gasteiger partial charge in [-0.25, -0.2) is 4.39 Å². The molecule has 2 aromatic rings. The smallest absolute Gasteiger partial charge is 0.371 e. The second-order valence-corrected chi connectivity index (χ2v) is 7.80. The molecule has 0 amide bonds. The molecule has 0 bridgehead atoms. The van der Waals surface area contributed by atoms with Gasteiger partial charge in [0, 0.05) is 24.9 Å². The molecule has 1 N–H and O–H groups in total. The van der Waals surface area contributed by atoms with Gasteiger partial charge in [0.25, 0.3) is 0 Å². The van der Waals surface area contributed by atoms with E-state index in [9.17, 15) is 30.7 Å². The molecule has 1 fully saturated rings. The second-order valence-electron chi connectivity index (χ2n) is 7.80. The molecule has 31 heavy (non-hydrogen) atoms. The fourth-order valence-corrected chi connectivity index (χ4v) is 3.98. The zero-order valence-corrected chi connectivity index (χ0v) is 16.8. The highest BCUT2D eigenvalue weighted by atomic mass is 19.4. The SMILES string of the molecule is CC(OC(C)[C@@H]1CNC[C@H]1c1ccc(F)cc1)c1cc(C(F)(F)F)cc(C(F)(F)F)c1. The molecule has 2 nitrogen and oxygen atoms in total. The lowest BCUT2D eigenvalue weighted by atomic mass is 9.85. The molecule has 170 valence electrons. The van der Waals surface area contributed by atoms with Gasteiger partial charge in [-0.05, 0) is 55.3 Å². The van der Waals surface area contributed by atoms with Crippen LogP contribution in [-0.4, -0.2) is 19.2 Å². The number of benzene rings is 2. The van der Waals surface area contributed by atoms with E-state index in [0.717, 1.165) is 5.56 Å². The van der Waals surface area contributed by atoms with Crippen molar-refractivity contribution < 1.29 is 35.5 Å². The molecule has 9 heteroatoms. The summed E-state index contributed by atoms with van der Waals surface area (Å²) in [6.07, 6.45) is -11.3. The Morgan fingerprint density at radius 2 is 1.42 bits per heavy atom. The van der Waals surface area contributed by atoms with E-state index in [0.29, 0.717) is 25.2 Å². The second kappa shape index (κ2) is 8.78. The van der Waals surface area contributed by atoms with Gasteiger partial charge < -0.3 is 10.1 Å². The number of rotatable bonds is 5. The molecule has 2 unspecified atom stereocenters. The average molecular weight is 449 g/mol. The summed E-state index contributed by atoms with van der Waals surface area (Å²) in [4.78, 5) is 0. The van der Waals surface area contributed by atoms with Crippen molar-refractivity contribution in [1.82, 2.24) is 5.32 Å². The van der Waals surface area contributed by atoms with E-state index in [1.165, 1.54) is 19.1 Å². The summed E-state index contributed by atoms with van der Waals surface area (Å²) >= 11 is 0. The molecule has 0 aliphatic carbocycles. The molecule has 1 aliphatic rings. The molecule has 0 spiro atoms. The third kappa shape index (κ3) is 5.57. The van der Waals surface area contributed by atoms with Gasteiger partial charge in [-0.2, -0.15) is 26.3 Å². The summed E-state index contributed by atoms with van der Waals surface area (Å²) in [5, 5.41) is 3.22. The van der Waals surface area contributed by atoms with Gasteiger partial charge in [-0.1, -0.05) is 12.1 Å². The molecule has 0 aromatic heterocycles. The Hall–Kier alpha value is -2.13. The van der Waals surface area contributed by atoms with Crippen molar-refractivity contribution in [2.75, 3.05) is 13.1 Å². The third-order valence-electron chi connectivity index (χ3n) is 5.66. The Kier molecular flexibility index (Phi) is 6.67. The van der Waals surface area contributed by atoms with Gasteiger partial charge in [0.2, 0.25) is 0 Å². The van der Waals surface area contributed by atoms with E-state index in [2.05, 4.69) is 5.32 Å². The predicted octanol–water partition coefficient (Wildman–Crippen LogP) is 6.33. The van der Waals surface area contributed by atoms with Crippen LogP contribution in [0.1, 0.15) is 48.1 Å². The van der Waals surface area contributed by atoms with Crippen molar-refractivity contribution in [2.45, 2.75) is 44.3 Å². The van der Waals surface area contributed by atoms with Crippen molar-refractivity contribution in [1.29, 1.82) is 0 Å². The van der Waals surface area contributed by atoms with Crippen LogP contribution in [0, 0.1) is 11.7 Å². The van der Waals surface area contributed by atoms with Gasteiger partial charge in [0.05, 0.1) is 23.3 Å². The first-order chi connectivity index (χ1) is 14.4. The third-order valence-corrected chi connectivity index (χ3v) is 5.66. The zero-order chi connectivity index (χ0) is 23.0. The molecule has 0 radical (unpaired) electrons. The summed E-state index contributed by atoms with van der Waals surface area (Å²) < 4.78 is 97.9. The number of hydrogen-bond donors (Lipinski definition) is 1. The molecule has 4 atom stereocenters. The Balaban J connectivity index is 1.81. The lowest BCUT2D eigenvalue weighted by molar-refractivity contribution is -0.143. The van der Waals surface area contributed by atoms with Crippen LogP contribution in [0.5, 0.6) is 0 Å². The van der Waals surface area contributed by atoms with Crippen LogP contribution in [0.2, 0.25) is 0 Å². The molecular formula is C22H22F7NO. The minimum absolute atomic E-state index is 0.0185. The topological polar surface area (TPSA) is 21.3 Å². The van der Waals surface area contributed by atoms with E-state index < -0.39 is 35.7 Å². The largest absolute Gasteiger partial charge is 0.416 e. The first-order valence-corrected chi connectivity index (χ1v) is 9.77. The highest BCUT2D eigenvalue weighted by molar-refractivity contribution is 5.34. The van der Waals surface area contributed by atoms with Crippen molar-refractivity contribution in [2.24, 2.45) is 5.92 Å². The van der Waals surface area contributed by atoms with E-state index in [1.807, 2.05) is 0 Å². The predicted molar refractivity (Wildman–Crippen MR) is 101 cm³/mol. The molecule has 3 rings (SSSR count). The number of nitrogens with one attached hydrogen (secondary N) is 1. The molecule has 1 aliphatic heterocycles. The quantitative estimate of drug-likeness (QED) is 0.539. The number of alkyl halides is 6. The van der Waals surface area contributed by atoms with Crippen molar-refractivity contribution >= 4 is 0 Å². The molecule has 1 saturated heterocycles. The van der Waals surface area contributed by atoms with Crippen LogP contribution >= 0.6 is 0 Å². The lowest BCUT2D eigenvalue weighted by Crippen LogP contribution is -2.28. The molecule has 2 aromatic carbocycles. The van der Waals surface area contributed by atoms with Gasteiger partial charge in [-0.3, -0.25) is 0 Å². The van der Waals surface area contributed by atoms with Crippen molar-refractivity contribution in [3.63, 3.8) is 0 Å².